The highest BCUT2D eigenvalue weighted by Gasteiger charge is 2.33. The number of amides is 1. The zero-order valence-corrected chi connectivity index (χ0v) is 22.9. The Labute approximate surface area is 216 Å². The fourth-order valence-corrected chi connectivity index (χ4v) is 4.49. The number of esters is 1. The van der Waals surface area contributed by atoms with Crippen molar-refractivity contribution >= 4 is 33.5 Å². The van der Waals surface area contributed by atoms with Crippen molar-refractivity contribution in [2.45, 2.75) is 53.2 Å². The number of halogens is 1. The summed E-state index contributed by atoms with van der Waals surface area (Å²) >= 11 is 3.45. The molecule has 3 rings (SSSR count). The Balaban J connectivity index is 2.24. The van der Waals surface area contributed by atoms with Gasteiger partial charge in [0.05, 0.1) is 18.3 Å². The maximum Gasteiger partial charge on any atom is 0.339 e. The van der Waals surface area contributed by atoms with Crippen LogP contribution >= 0.6 is 15.9 Å². The molecule has 1 amide bonds. The molecule has 0 aliphatic heterocycles. The minimum atomic E-state index is -0.977. The number of anilines is 1. The van der Waals surface area contributed by atoms with Crippen LogP contribution in [0, 0.1) is 20.8 Å². The second-order valence-electron chi connectivity index (χ2n) is 9.59. The molecule has 0 radical (unpaired) electrons. The molecule has 1 atom stereocenters. The molecule has 35 heavy (non-hydrogen) atoms. The zero-order chi connectivity index (χ0) is 25.9. The van der Waals surface area contributed by atoms with Crippen LogP contribution in [0.1, 0.15) is 59.5 Å². The van der Waals surface area contributed by atoms with E-state index in [-0.39, 0.29) is 5.91 Å². The lowest BCUT2D eigenvalue weighted by Gasteiger charge is -2.30. The van der Waals surface area contributed by atoms with Crippen LogP contribution in [0.15, 0.2) is 59.1 Å². The molecular weight excluding hydrogens is 506 g/mol. The number of methoxy groups -OCH3 is 1. The second kappa shape index (κ2) is 10.8. The van der Waals surface area contributed by atoms with E-state index in [4.69, 9.17) is 9.47 Å². The molecule has 3 aromatic carbocycles. The predicted octanol–water partition coefficient (Wildman–Crippen LogP) is 7.32. The van der Waals surface area contributed by atoms with Crippen molar-refractivity contribution in [2.75, 3.05) is 12.4 Å². The number of hydrogen-bond acceptors (Lipinski definition) is 4. The van der Waals surface area contributed by atoms with Gasteiger partial charge in [0.25, 0.3) is 5.91 Å². The zero-order valence-electron chi connectivity index (χ0n) is 21.3. The smallest absolute Gasteiger partial charge is 0.339 e. The van der Waals surface area contributed by atoms with Gasteiger partial charge in [-0.3, -0.25) is 4.79 Å². The van der Waals surface area contributed by atoms with E-state index in [1.807, 2.05) is 90.1 Å². The molecule has 0 unspecified atom stereocenters. The SMILES string of the molecule is COC(=O)[C@@H](OC(C)(C)C)c1c(C)c(NC(=O)c2ccccc2Br)cc(C)c1-c1ccc(C)cc1. The lowest BCUT2D eigenvalue weighted by molar-refractivity contribution is -0.164. The molecule has 1 N–H and O–H groups in total. The van der Waals surface area contributed by atoms with Crippen molar-refractivity contribution in [3.8, 4) is 11.1 Å². The molecule has 3 aromatic rings. The first kappa shape index (κ1) is 26.6. The Hall–Kier alpha value is -2.96. The summed E-state index contributed by atoms with van der Waals surface area (Å²) in [6.45, 7) is 11.6. The summed E-state index contributed by atoms with van der Waals surface area (Å²) in [7, 11) is 1.35. The van der Waals surface area contributed by atoms with Crippen LogP contribution in [0.2, 0.25) is 0 Å². The van der Waals surface area contributed by atoms with Crippen molar-refractivity contribution in [3.05, 3.63) is 86.9 Å². The summed E-state index contributed by atoms with van der Waals surface area (Å²) in [5.74, 6) is -0.745. The molecule has 5 nitrogen and oxygen atoms in total. The molecule has 0 saturated carbocycles. The van der Waals surface area contributed by atoms with Crippen LogP contribution in [-0.4, -0.2) is 24.6 Å². The maximum atomic E-state index is 13.1. The fraction of sp³-hybridized carbons (Fsp3) is 0.310. The Bertz CT molecular complexity index is 1240. The van der Waals surface area contributed by atoms with Crippen molar-refractivity contribution in [1.82, 2.24) is 0 Å². The molecule has 6 heteroatoms. The quantitative estimate of drug-likeness (QED) is 0.334. The highest BCUT2D eigenvalue weighted by atomic mass is 79.9. The van der Waals surface area contributed by atoms with E-state index in [0.29, 0.717) is 21.3 Å². The van der Waals surface area contributed by atoms with Gasteiger partial charge in [0.1, 0.15) is 0 Å². The van der Waals surface area contributed by atoms with Crippen molar-refractivity contribution in [1.29, 1.82) is 0 Å². The number of carbonyl (C=O) groups excluding carboxylic acids is 2. The predicted molar refractivity (Wildman–Crippen MR) is 144 cm³/mol. The van der Waals surface area contributed by atoms with Gasteiger partial charge in [-0.25, -0.2) is 4.79 Å². The highest BCUT2D eigenvalue weighted by molar-refractivity contribution is 9.10. The van der Waals surface area contributed by atoms with E-state index in [1.165, 1.54) is 7.11 Å². The van der Waals surface area contributed by atoms with E-state index in [0.717, 1.165) is 27.8 Å². The van der Waals surface area contributed by atoms with Gasteiger partial charge < -0.3 is 14.8 Å². The van der Waals surface area contributed by atoms with Gasteiger partial charge in [0.15, 0.2) is 6.10 Å². The summed E-state index contributed by atoms with van der Waals surface area (Å²) < 4.78 is 12.1. The van der Waals surface area contributed by atoms with Gasteiger partial charge in [-0.1, -0.05) is 42.0 Å². The first-order valence-corrected chi connectivity index (χ1v) is 12.2. The van der Waals surface area contributed by atoms with Crippen molar-refractivity contribution < 1.29 is 19.1 Å². The van der Waals surface area contributed by atoms with Crippen molar-refractivity contribution in [2.24, 2.45) is 0 Å². The van der Waals surface area contributed by atoms with Gasteiger partial charge in [-0.15, -0.1) is 0 Å². The number of aryl methyl sites for hydroxylation is 2. The summed E-state index contributed by atoms with van der Waals surface area (Å²) in [6, 6.07) is 17.3. The first-order chi connectivity index (χ1) is 16.4. The summed E-state index contributed by atoms with van der Waals surface area (Å²) in [5.41, 5.74) is 5.83. The second-order valence-corrected chi connectivity index (χ2v) is 10.4. The fourth-order valence-electron chi connectivity index (χ4n) is 4.02. The summed E-state index contributed by atoms with van der Waals surface area (Å²) in [5, 5.41) is 3.03. The Kier molecular flexibility index (Phi) is 8.18. The van der Waals surface area contributed by atoms with Crippen LogP contribution < -0.4 is 5.32 Å². The number of carbonyl (C=O) groups is 2. The minimum absolute atomic E-state index is 0.250. The summed E-state index contributed by atoms with van der Waals surface area (Å²) in [4.78, 5) is 26.2. The average molecular weight is 538 g/mol. The molecule has 0 bridgehead atoms. The van der Waals surface area contributed by atoms with Gasteiger partial charge in [-0.2, -0.15) is 0 Å². The van der Waals surface area contributed by atoms with Crippen LogP contribution in [-0.2, 0) is 14.3 Å². The lowest BCUT2D eigenvalue weighted by atomic mass is 9.87. The Morgan fingerprint density at radius 2 is 1.60 bits per heavy atom. The number of rotatable bonds is 6. The van der Waals surface area contributed by atoms with Gasteiger partial charge >= 0.3 is 5.97 Å². The third-order valence-corrected chi connectivity index (χ3v) is 6.38. The maximum absolute atomic E-state index is 13.1. The highest BCUT2D eigenvalue weighted by Crippen LogP contribution is 2.41. The Morgan fingerprint density at radius 3 is 2.17 bits per heavy atom. The van der Waals surface area contributed by atoms with Gasteiger partial charge in [-0.05, 0) is 97.9 Å². The van der Waals surface area contributed by atoms with E-state index in [9.17, 15) is 9.59 Å². The number of hydrogen-bond donors (Lipinski definition) is 1. The number of ether oxygens (including phenoxy) is 2. The van der Waals surface area contributed by atoms with Crippen LogP contribution in [0.25, 0.3) is 11.1 Å². The molecule has 0 aromatic heterocycles. The molecule has 184 valence electrons. The molecular formula is C29H32BrNO4. The minimum Gasteiger partial charge on any atom is -0.467 e. The van der Waals surface area contributed by atoms with Gasteiger partial charge in [0, 0.05) is 15.7 Å². The van der Waals surface area contributed by atoms with E-state index >= 15 is 0 Å². The Morgan fingerprint density at radius 1 is 0.971 bits per heavy atom. The molecule has 0 aliphatic carbocycles. The van der Waals surface area contributed by atoms with Crippen LogP contribution in [0.4, 0.5) is 5.69 Å². The largest absolute Gasteiger partial charge is 0.467 e. The van der Waals surface area contributed by atoms with Crippen LogP contribution in [0.3, 0.4) is 0 Å². The molecule has 0 fully saturated rings. The molecule has 0 heterocycles. The third kappa shape index (κ3) is 6.19. The van der Waals surface area contributed by atoms with Gasteiger partial charge in [0.2, 0.25) is 0 Å². The standard InChI is InChI=1S/C29H32BrNO4/c1-17-12-14-20(15-13-17)24-18(2)16-23(31-27(32)21-10-8-9-11-22(21)30)19(3)25(24)26(28(33)34-7)35-29(4,5)6/h8-16,26H,1-7H3,(H,31,32)/t26-/m0/s1. The van der Waals surface area contributed by atoms with E-state index in [1.54, 1.807) is 6.07 Å². The van der Waals surface area contributed by atoms with E-state index in [2.05, 4.69) is 21.2 Å². The molecule has 0 spiro atoms. The van der Waals surface area contributed by atoms with E-state index < -0.39 is 17.7 Å². The van der Waals surface area contributed by atoms with Crippen LogP contribution in [0.5, 0.6) is 0 Å². The number of nitrogens with one attached hydrogen (secondary N) is 1. The summed E-state index contributed by atoms with van der Waals surface area (Å²) in [6.07, 6.45) is -0.977. The molecule has 0 aliphatic rings. The monoisotopic (exact) mass is 537 g/mol. The average Bonchev–Trinajstić information content (AvgIpc) is 2.79. The number of benzene rings is 3. The normalized spacial score (nSPS) is 12.2. The lowest BCUT2D eigenvalue weighted by Crippen LogP contribution is -2.29. The first-order valence-electron chi connectivity index (χ1n) is 11.5. The van der Waals surface area contributed by atoms with Crippen molar-refractivity contribution in [3.63, 3.8) is 0 Å². The topological polar surface area (TPSA) is 64.6 Å². The third-order valence-electron chi connectivity index (χ3n) is 5.69. The molecule has 0 saturated heterocycles.